The minimum Gasteiger partial charge on any atom is -0.460 e. The monoisotopic (exact) mass is 656 g/mol. The molecule has 0 bridgehead atoms. The zero-order chi connectivity index (χ0) is 26.4. The summed E-state index contributed by atoms with van der Waals surface area (Å²) in [6, 6.07) is 15.6. The van der Waals surface area contributed by atoms with Gasteiger partial charge >= 0.3 is 5.69 Å². The molecule has 0 spiro atoms. The summed E-state index contributed by atoms with van der Waals surface area (Å²) in [6.07, 6.45) is 0. The van der Waals surface area contributed by atoms with Crippen molar-refractivity contribution in [2.24, 2.45) is 7.05 Å². The van der Waals surface area contributed by atoms with Crippen molar-refractivity contribution in [3.05, 3.63) is 91.1 Å². The van der Waals surface area contributed by atoms with Gasteiger partial charge in [-0.05, 0) is 52.2 Å². The van der Waals surface area contributed by atoms with Gasteiger partial charge in [-0.2, -0.15) is 4.98 Å². The van der Waals surface area contributed by atoms with E-state index in [1.807, 2.05) is 43.3 Å². The maximum atomic E-state index is 13.6. The lowest BCUT2D eigenvalue weighted by Crippen LogP contribution is -2.40. The minimum absolute atomic E-state index is 0.111. The van der Waals surface area contributed by atoms with E-state index >= 15 is 0 Å². The molecule has 196 valence electrons. The van der Waals surface area contributed by atoms with Crippen molar-refractivity contribution in [2.75, 3.05) is 19.8 Å². The van der Waals surface area contributed by atoms with Crippen LogP contribution in [-0.2, 0) is 36.0 Å². The average molecular weight is 657 g/mol. The first-order chi connectivity index (χ1) is 17.9. The molecule has 9 nitrogen and oxygen atoms in total. The molecule has 1 unspecified atom stereocenters. The molecule has 0 saturated heterocycles. The molecule has 4 rings (SSSR count). The summed E-state index contributed by atoms with van der Waals surface area (Å²) in [5.74, 6) is 0. The molecular formula is C25H27ClIN4O5P. The standard InChI is InChI=1S/C25H27ClIN4O5P/c1-17-4-3-5-19(14-17)16-35-24-28-22-21(31(24)15-18-6-8-20(26)9-7-18)23(32)30(25(33)29(22)2)10-11-34-12-13-36-37-27/h3-9,14,37H,10-13,15-16H2,1-2H3. The zero-order valence-corrected chi connectivity index (χ0v) is 24.4. The number of aryl methyl sites for hydroxylation is 2. The van der Waals surface area contributed by atoms with E-state index in [4.69, 9.17) is 25.6 Å². The number of aromatic nitrogens is 4. The number of hydrogen-bond donors (Lipinski definition) is 0. The minimum atomic E-state index is -0.465. The molecule has 37 heavy (non-hydrogen) atoms. The van der Waals surface area contributed by atoms with E-state index in [-0.39, 0.29) is 36.9 Å². The van der Waals surface area contributed by atoms with E-state index in [9.17, 15) is 9.59 Å². The summed E-state index contributed by atoms with van der Waals surface area (Å²) in [6.45, 7) is 4.11. The van der Waals surface area contributed by atoms with Crippen molar-refractivity contribution in [2.45, 2.75) is 26.6 Å². The van der Waals surface area contributed by atoms with Crippen LogP contribution in [0.1, 0.15) is 16.7 Å². The van der Waals surface area contributed by atoms with Gasteiger partial charge in [0.2, 0.25) is 0 Å². The first-order valence-electron chi connectivity index (χ1n) is 11.6. The second kappa shape index (κ2) is 13.0. The molecule has 2 aromatic heterocycles. The summed E-state index contributed by atoms with van der Waals surface area (Å²) in [4.78, 5) is 31.2. The van der Waals surface area contributed by atoms with Crippen LogP contribution in [0.5, 0.6) is 6.01 Å². The molecule has 0 saturated carbocycles. The van der Waals surface area contributed by atoms with Gasteiger partial charge in [-0.25, -0.2) is 4.79 Å². The Morgan fingerprint density at radius 1 is 1.03 bits per heavy atom. The molecule has 12 heteroatoms. The Morgan fingerprint density at radius 2 is 1.81 bits per heavy atom. The summed E-state index contributed by atoms with van der Waals surface area (Å²) >= 11 is 8.21. The second-order valence-electron chi connectivity index (χ2n) is 8.39. The van der Waals surface area contributed by atoms with Crippen LogP contribution in [-0.4, -0.2) is 38.5 Å². The van der Waals surface area contributed by atoms with Crippen LogP contribution in [0.2, 0.25) is 5.02 Å². The largest absolute Gasteiger partial charge is 0.460 e. The normalized spacial score (nSPS) is 11.7. The van der Waals surface area contributed by atoms with Gasteiger partial charge in [-0.1, -0.05) is 53.6 Å². The Bertz CT molecular complexity index is 1490. The summed E-state index contributed by atoms with van der Waals surface area (Å²) in [5.41, 5.74) is 2.63. The average Bonchev–Trinajstić information content (AvgIpc) is 3.25. The number of ether oxygens (including phenoxy) is 2. The quantitative estimate of drug-likeness (QED) is 0.127. The Morgan fingerprint density at radius 3 is 2.54 bits per heavy atom. The molecule has 0 amide bonds. The summed E-state index contributed by atoms with van der Waals surface area (Å²) in [5, 5.41) is 0.615. The number of nitrogens with zero attached hydrogens (tertiary/aromatic N) is 4. The number of fused-ring (bicyclic) bond motifs is 1. The Hall–Kier alpha value is -2.24. The fraction of sp³-hybridized carbons (Fsp3) is 0.320. The second-order valence-corrected chi connectivity index (χ2v) is 10.6. The van der Waals surface area contributed by atoms with Gasteiger partial charge in [0.25, 0.3) is 11.6 Å². The highest BCUT2D eigenvalue weighted by Crippen LogP contribution is 2.22. The highest BCUT2D eigenvalue weighted by Gasteiger charge is 2.21. The number of halogens is 2. The molecule has 0 aliphatic rings. The third kappa shape index (κ3) is 6.80. The molecule has 2 heterocycles. The van der Waals surface area contributed by atoms with Crippen molar-refractivity contribution < 1.29 is 14.0 Å². The zero-order valence-electron chi connectivity index (χ0n) is 20.4. The highest BCUT2D eigenvalue weighted by atomic mass is 127. The van der Waals surface area contributed by atoms with Crippen molar-refractivity contribution >= 4 is 51.3 Å². The lowest BCUT2D eigenvalue weighted by molar-refractivity contribution is 0.0988. The molecule has 2 aromatic carbocycles. The number of rotatable bonds is 12. The molecule has 4 aromatic rings. The van der Waals surface area contributed by atoms with Crippen molar-refractivity contribution in [3.63, 3.8) is 0 Å². The number of imidazole rings is 1. The first-order valence-corrected chi connectivity index (χ1v) is 16.0. The summed E-state index contributed by atoms with van der Waals surface area (Å²) in [7, 11) is 1.60. The number of hydrogen-bond acceptors (Lipinski definition) is 6. The van der Waals surface area contributed by atoms with Crippen LogP contribution < -0.4 is 16.0 Å². The fourth-order valence-corrected chi connectivity index (χ4v) is 4.87. The van der Waals surface area contributed by atoms with Crippen LogP contribution in [0.3, 0.4) is 0 Å². The topological polar surface area (TPSA) is 89.5 Å². The van der Waals surface area contributed by atoms with E-state index in [0.717, 1.165) is 16.7 Å². The van der Waals surface area contributed by atoms with Crippen LogP contribution >= 0.6 is 40.1 Å². The van der Waals surface area contributed by atoms with Crippen molar-refractivity contribution in [3.8, 4) is 6.01 Å². The van der Waals surface area contributed by atoms with Gasteiger partial charge in [0.1, 0.15) is 6.61 Å². The molecule has 0 N–H and O–H groups in total. The van der Waals surface area contributed by atoms with Gasteiger partial charge in [-0.3, -0.25) is 18.5 Å². The van der Waals surface area contributed by atoms with E-state index in [2.05, 4.69) is 27.0 Å². The maximum Gasteiger partial charge on any atom is 0.332 e. The molecule has 1 atom stereocenters. The van der Waals surface area contributed by atoms with Crippen LogP contribution in [0.25, 0.3) is 11.2 Å². The molecule has 0 fully saturated rings. The SMILES string of the molecule is Cc1cccc(COc2nc3c(c(=O)n(CCOCCOPI)c(=O)n3C)n2Cc2ccc(Cl)cc2)c1. The first kappa shape index (κ1) is 27.8. The number of benzene rings is 2. The Kier molecular flexibility index (Phi) is 9.77. The maximum absolute atomic E-state index is 13.6. The highest BCUT2D eigenvalue weighted by molar-refractivity contribution is 14.2. The van der Waals surface area contributed by atoms with E-state index in [1.54, 1.807) is 23.7 Å². The predicted octanol–water partition coefficient (Wildman–Crippen LogP) is 4.46. The van der Waals surface area contributed by atoms with Crippen LogP contribution in [0, 0.1) is 6.92 Å². The lowest BCUT2D eigenvalue weighted by atomic mass is 10.1. The van der Waals surface area contributed by atoms with Gasteiger partial charge < -0.3 is 14.0 Å². The Balaban J connectivity index is 1.72. The van der Waals surface area contributed by atoms with E-state index < -0.39 is 11.2 Å². The van der Waals surface area contributed by atoms with Gasteiger partial charge in [0, 0.05) is 12.1 Å². The van der Waals surface area contributed by atoms with Crippen molar-refractivity contribution in [1.29, 1.82) is 0 Å². The third-order valence-electron chi connectivity index (χ3n) is 5.75. The smallest absolute Gasteiger partial charge is 0.332 e. The Labute approximate surface area is 233 Å². The lowest BCUT2D eigenvalue weighted by Gasteiger charge is -2.12. The van der Waals surface area contributed by atoms with Gasteiger partial charge in [0.15, 0.2) is 11.2 Å². The van der Waals surface area contributed by atoms with Crippen molar-refractivity contribution in [1.82, 2.24) is 18.7 Å². The molecule has 0 aliphatic heterocycles. The van der Waals surface area contributed by atoms with E-state index in [0.29, 0.717) is 31.2 Å². The molecule has 0 radical (unpaired) electrons. The van der Waals surface area contributed by atoms with Crippen LogP contribution in [0.15, 0.2) is 58.1 Å². The predicted molar refractivity (Wildman–Crippen MR) is 154 cm³/mol. The van der Waals surface area contributed by atoms with Crippen LogP contribution in [0.4, 0.5) is 0 Å². The fourth-order valence-electron chi connectivity index (χ4n) is 3.92. The molecule has 0 aliphatic carbocycles. The van der Waals surface area contributed by atoms with E-state index in [1.165, 1.54) is 9.13 Å². The van der Waals surface area contributed by atoms with Gasteiger partial charge in [-0.15, -0.1) is 0 Å². The summed E-state index contributed by atoms with van der Waals surface area (Å²) < 4.78 is 21.2. The van der Waals surface area contributed by atoms with Gasteiger partial charge in [0.05, 0.1) is 39.4 Å². The molecular weight excluding hydrogens is 630 g/mol. The third-order valence-corrected chi connectivity index (χ3v) is 7.24.